The topological polar surface area (TPSA) is 49.5 Å². The van der Waals surface area contributed by atoms with E-state index in [-0.39, 0.29) is 18.7 Å². The molecule has 0 amide bonds. The minimum Gasteiger partial charge on any atom is -0.395 e. The van der Waals surface area contributed by atoms with E-state index < -0.39 is 0 Å². The molecular weight excluding hydrogens is 348 g/mol. The van der Waals surface area contributed by atoms with Crippen molar-refractivity contribution in [2.75, 3.05) is 13.2 Å². The molecule has 3 nitrogen and oxygen atoms in total. The predicted octanol–water partition coefficient (Wildman–Crippen LogP) is 3.92. The van der Waals surface area contributed by atoms with Gasteiger partial charge in [0.15, 0.2) is 0 Å². The summed E-state index contributed by atoms with van der Waals surface area (Å²) in [4.78, 5) is 3.79. The van der Waals surface area contributed by atoms with Crippen LogP contribution < -0.4 is 5.73 Å². The molecule has 0 saturated heterocycles. The van der Waals surface area contributed by atoms with E-state index in [0.717, 1.165) is 16.8 Å². The summed E-state index contributed by atoms with van der Waals surface area (Å²) < 4.78 is 1.15. The Balaban J connectivity index is 2.25. The van der Waals surface area contributed by atoms with E-state index in [1.807, 2.05) is 0 Å². The molecule has 120 valence electrons. The highest BCUT2D eigenvalue weighted by Gasteiger charge is 2.32. The monoisotopic (exact) mass is 374 g/mol. The highest BCUT2D eigenvalue weighted by molar-refractivity contribution is 9.11. The van der Waals surface area contributed by atoms with Crippen molar-refractivity contribution in [1.82, 2.24) is 4.90 Å². The van der Waals surface area contributed by atoms with Crippen molar-refractivity contribution in [3.8, 4) is 0 Å². The van der Waals surface area contributed by atoms with Crippen LogP contribution in [0.3, 0.4) is 0 Å². The molecule has 0 bridgehead atoms. The maximum absolute atomic E-state index is 9.53. The number of thiophene rings is 1. The fourth-order valence-corrected chi connectivity index (χ4v) is 5.03. The summed E-state index contributed by atoms with van der Waals surface area (Å²) in [7, 11) is 0. The Morgan fingerprint density at radius 2 is 2.10 bits per heavy atom. The van der Waals surface area contributed by atoms with Crippen LogP contribution in [0.4, 0.5) is 0 Å². The molecule has 1 aliphatic carbocycles. The number of hydrogen-bond donors (Lipinski definition) is 2. The lowest BCUT2D eigenvalue weighted by atomic mass is 9.91. The van der Waals surface area contributed by atoms with Crippen LogP contribution in [-0.4, -0.2) is 35.2 Å². The summed E-state index contributed by atoms with van der Waals surface area (Å²) in [6.07, 6.45) is 7.37. The molecule has 3 N–H and O–H groups in total. The average Bonchev–Trinajstić information content (AvgIpc) is 2.93. The van der Waals surface area contributed by atoms with Crippen molar-refractivity contribution < 1.29 is 5.11 Å². The summed E-state index contributed by atoms with van der Waals surface area (Å²) in [6.45, 7) is 3.08. The molecule has 1 heterocycles. The standard InChI is InChI=1S/C16H27BrN2OS/c1-2-13(18)16(14-8-9-15(17)21-14)19(10-11-20)12-6-4-3-5-7-12/h8-9,12-13,16,20H,2-7,10-11,18H2,1H3. The first-order valence-corrected chi connectivity index (χ1v) is 9.65. The molecule has 2 rings (SSSR count). The third kappa shape index (κ3) is 4.52. The van der Waals surface area contributed by atoms with E-state index in [0.29, 0.717) is 6.04 Å². The van der Waals surface area contributed by atoms with Gasteiger partial charge in [0.2, 0.25) is 0 Å². The van der Waals surface area contributed by atoms with Gasteiger partial charge >= 0.3 is 0 Å². The lowest BCUT2D eigenvalue weighted by molar-refractivity contribution is 0.0681. The average molecular weight is 375 g/mol. The lowest BCUT2D eigenvalue weighted by Gasteiger charge is -2.41. The Morgan fingerprint density at radius 3 is 2.62 bits per heavy atom. The summed E-state index contributed by atoms with van der Waals surface area (Å²) in [6, 6.07) is 5.19. The van der Waals surface area contributed by atoms with E-state index in [1.165, 1.54) is 37.0 Å². The fraction of sp³-hybridized carbons (Fsp3) is 0.750. The molecule has 1 aliphatic rings. The summed E-state index contributed by atoms with van der Waals surface area (Å²) in [5.74, 6) is 0. The minimum absolute atomic E-state index is 0.115. The van der Waals surface area contributed by atoms with E-state index in [2.05, 4.69) is 39.9 Å². The van der Waals surface area contributed by atoms with Crippen molar-refractivity contribution in [1.29, 1.82) is 0 Å². The molecule has 1 saturated carbocycles. The third-order valence-corrected chi connectivity index (χ3v) is 6.22. The quantitative estimate of drug-likeness (QED) is 0.760. The Labute approximate surface area is 140 Å². The molecule has 21 heavy (non-hydrogen) atoms. The van der Waals surface area contributed by atoms with Crippen molar-refractivity contribution in [2.45, 2.75) is 63.6 Å². The van der Waals surface area contributed by atoms with E-state index in [1.54, 1.807) is 11.3 Å². The van der Waals surface area contributed by atoms with Crippen LogP contribution in [0.1, 0.15) is 56.4 Å². The van der Waals surface area contributed by atoms with E-state index in [9.17, 15) is 5.11 Å². The van der Waals surface area contributed by atoms with Crippen molar-refractivity contribution in [2.24, 2.45) is 5.73 Å². The molecule has 1 aromatic rings. The minimum atomic E-state index is 0.115. The zero-order valence-electron chi connectivity index (χ0n) is 12.8. The number of aliphatic hydroxyl groups excluding tert-OH is 1. The molecule has 0 radical (unpaired) electrons. The molecule has 0 aromatic carbocycles. The number of hydrogen-bond acceptors (Lipinski definition) is 4. The van der Waals surface area contributed by atoms with Gasteiger partial charge in [-0.2, -0.15) is 0 Å². The first-order valence-electron chi connectivity index (χ1n) is 8.04. The first-order chi connectivity index (χ1) is 10.2. The number of halogens is 1. The van der Waals surface area contributed by atoms with Crippen molar-refractivity contribution in [3.63, 3.8) is 0 Å². The van der Waals surface area contributed by atoms with Gasteiger partial charge in [-0.1, -0.05) is 26.2 Å². The highest BCUT2D eigenvalue weighted by atomic mass is 79.9. The van der Waals surface area contributed by atoms with Crippen molar-refractivity contribution >= 4 is 27.3 Å². The Hall–Kier alpha value is 0.0600. The second-order valence-corrected chi connectivity index (χ2v) is 8.41. The third-order valence-electron chi connectivity index (χ3n) is 4.52. The molecule has 1 aromatic heterocycles. The van der Waals surface area contributed by atoms with Crippen LogP contribution in [0.5, 0.6) is 0 Å². The first kappa shape index (κ1) is 17.4. The van der Waals surface area contributed by atoms with Crippen LogP contribution in [0.15, 0.2) is 15.9 Å². The van der Waals surface area contributed by atoms with Gasteiger partial charge in [-0.3, -0.25) is 4.90 Å². The number of nitrogens with zero attached hydrogens (tertiary/aromatic N) is 1. The largest absolute Gasteiger partial charge is 0.395 e. The molecule has 5 heteroatoms. The van der Waals surface area contributed by atoms with Gasteiger partial charge in [0.05, 0.1) is 16.4 Å². The summed E-state index contributed by atoms with van der Waals surface area (Å²) >= 11 is 5.34. The summed E-state index contributed by atoms with van der Waals surface area (Å²) in [5, 5.41) is 9.53. The second-order valence-electron chi connectivity index (χ2n) is 5.91. The molecule has 2 unspecified atom stereocenters. The van der Waals surface area contributed by atoms with Gasteiger partial charge in [-0.05, 0) is 47.3 Å². The Morgan fingerprint density at radius 1 is 1.38 bits per heavy atom. The number of rotatable bonds is 7. The molecule has 2 atom stereocenters. The van der Waals surface area contributed by atoms with Crippen molar-refractivity contribution in [3.05, 3.63) is 20.8 Å². The van der Waals surface area contributed by atoms with Gasteiger partial charge < -0.3 is 10.8 Å². The van der Waals surface area contributed by atoms with Crippen LogP contribution in [0, 0.1) is 0 Å². The van der Waals surface area contributed by atoms with E-state index >= 15 is 0 Å². The summed E-state index contributed by atoms with van der Waals surface area (Å²) in [5.41, 5.74) is 6.46. The van der Waals surface area contributed by atoms with Gasteiger partial charge in [0.1, 0.15) is 0 Å². The molecule has 0 aliphatic heterocycles. The van der Waals surface area contributed by atoms with Crippen LogP contribution in [0.25, 0.3) is 0 Å². The van der Waals surface area contributed by atoms with Gasteiger partial charge in [-0.25, -0.2) is 0 Å². The fourth-order valence-electron chi connectivity index (χ4n) is 3.41. The highest BCUT2D eigenvalue weighted by Crippen LogP contribution is 2.36. The Bertz CT molecular complexity index is 420. The van der Waals surface area contributed by atoms with Crippen LogP contribution in [0.2, 0.25) is 0 Å². The maximum atomic E-state index is 9.53. The van der Waals surface area contributed by atoms with Crippen LogP contribution >= 0.6 is 27.3 Å². The zero-order valence-corrected chi connectivity index (χ0v) is 15.2. The van der Waals surface area contributed by atoms with Crippen LogP contribution in [-0.2, 0) is 0 Å². The van der Waals surface area contributed by atoms with Gasteiger partial charge in [0.25, 0.3) is 0 Å². The molecule has 0 spiro atoms. The number of aliphatic hydroxyl groups is 1. The normalized spacial score (nSPS) is 19.9. The smallest absolute Gasteiger partial charge is 0.0702 e. The Kier molecular flexibility index (Phi) is 7.16. The van der Waals surface area contributed by atoms with Gasteiger partial charge in [0, 0.05) is 23.5 Å². The number of nitrogens with two attached hydrogens (primary N) is 1. The maximum Gasteiger partial charge on any atom is 0.0702 e. The molecule has 1 fully saturated rings. The second kappa shape index (κ2) is 8.63. The van der Waals surface area contributed by atoms with Gasteiger partial charge in [-0.15, -0.1) is 11.3 Å². The molecular formula is C16H27BrN2OS. The predicted molar refractivity (Wildman–Crippen MR) is 93.7 cm³/mol. The zero-order chi connectivity index (χ0) is 15.2. The van der Waals surface area contributed by atoms with E-state index in [4.69, 9.17) is 5.73 Å². The lowest BCUT2D eigenvalue weighted by Crippen LogP contribution is -2.47. The SMILES string of the molecule is CCC(N)C(c1ccc(Br)s1)N(CCO)C1CCCCC1.